The SMILES string of the molecule is O=C(O)c1cc(NCc2ccc(-c3ccccc3Cl)o2)ccc1Cl. The summed E-state index contributed by atoms with van der Waals surface area (Å²) in [6.45, 7) is 0.408. The third-order valence-corrected chi connectivity index (χ3v) is 4.12. The summed E-state index contributed by atoms with van der Waals surface area (Å²) in [5.41, 5.74) is 1.52. The van der Waals surface area contributed by atoms with Gasteiger partial charge in [-0.1, -0.05) is 35.3 Å². The molecule has 0 atom stereocenters. The minimum absolute atomic E-state index is 0.0536. The van der Waals surface area contributed by atoms with E-state index in [-0.39, 0.29) is 10.6 Å². The molecule has 2 aromatic carbocycles. The van der Waals surface area contributed by atoms with Crippen molar-refractivity contribution in [3.05, 3.63) is 76.0 Å². The van der Waals surface area contributed by atoms with Crippen molar-refractivity contribution in [2.75, 3.05) is 5.32 Å². The Balaban J connectivity index is 1.73. The number of aromatic carboxylic acids is 1. The van der Waals surface area contributed by atoms with Gasteiger partial charge in [0.05, 0.1) is 22.2 Å². The Labute approximate surface area is 148 Å². The van der Waals surface area contributed by atoms with E-state index in [0.717, 1.165) is 5.56 Å². The quantitative estimate of drug-likeness (QED) is 0.623. The Morgan fingerprint density at radius 2 is 1.83 bits per heavy atom. The fraction of sp³-hybridized carbons (Fsp3) is 0.0556. The first-order valence-electron chi connectivity index (χ1n) is 7.15. The van der Waals surface area contributed by atoms with Crippen LogP contribution in [0.3, 0.4) is 0 Å². The molecule has 0 bridgehead atoms. The van der Waals surface area contributed by atoms with E-state index in [1.807, 2.05) is 30.3 Å². The van der Waals surface area contributed by atoms with Crippen molar-refractivity contribution in [3.63, 3.8) is 0 Å². The van der Waals surface area contributed by atoms with Gasteiger partial charge in [-0.3, -0.25) is 0 Å². The average molecular weight is 362 g/mol. The van der Waals surface area contributed by atoms with Gasteiger partial charge in [0.15, 0.2) is 0 Å². The number of carboxylic acid groups (broad SMARTS) is 1. The number of carboxylic acids is 1. The predicted molar refractivity (Wildman–Crippen MR) is 94.9 cm³/mol. The topological polar surface area (TPSA) is 62.5 Å². The monoisotopic (exact) mass is 361 g/mol. The van der Waals surface area contributed by atoms with Crippen molar-refractivity contribution in [2.45, 2.75) is 6.54 Å². The maximum Gasteiger partial charge on any atom is 0.337 e. The lowest BCUT2D eigenvalue weighted by atomic mass is 10.2. The molecule has 2 N–H and O–H groups in total. The van der Waals surface area contributed by atoms with Gasteiger partial charge in [-0.2, -0.15) is 0 Å². The molecule has 0 spiro atoms. The average Bonchev–Trinajstić information content (AvgIpc) is 3.03. The first kappa shape index (κ1) is 16.4. The summed E-state index contributed by atoms with van der Waals surface area (Å²) in [6, 6.07) is 15.9. The Hall–Kier alpha value is -2.43. The lowest BCUT2D eigenvalue weighted by molar-refractivity contribution is 0.0697. The lowest BCUT2D eigenvalue weighted by Crippen LogP contribution is -2.02. The van der Waals surface area contributed by atoms with Gasteiger partial charge in [-0.25, -0.2) is 4.79 Å². The van der Waals surface area contributed by atoms with Crippen molar-refractivity contribution >= 4 is 34.9 Å². The second kappa shape index (κ2) is 6.99. The van der Waals surface area contributed by atoms with Crippen LogP contribution in [0.25, 0.3) is 11.3 Å². The number of rotatable bonds is 5. The number of halogens is 2. The van der Waals surface area contributed by atoms with Crippen LogP contribution in [0.5, 0.6) is 0 Å². The zero-order valence-corrected chi connectivity index (χ0v) is 13.9. The Morgan fingerprint density at radius 1 is 1.04 bits per heavy atom. The van der Waals surface area contributed by atoms with Crippen molar-refractivity contribution in [1.29, 1.82) is 0 Å². The molecule has 1 aromatic heterocycles. The molecule has 3 rings (SSSR count). The van der Waals surface area contributed by atoms with Crippen LogP contribution in [-0.4, -0.2) is 11.1 Å². The third kappa shape index (κ3) is 3.55. The van der Waals surface area contributed by atoms with Crippen molar-refractivity contribution < 1.29 is 14.3 Å². The highest BCUT2D eigenvalue weighted by molar-refractivity contribution is 6.33. The smallest absolute Gasteiger partial charge is 0.337 e. The van der Waals surface area contributed by atoms with Crippen LogP contribution in [0.1, 0.15) is 16.1 Å². The third-order valence-electron chi connectivity index (χ3n) is 3.46. The Kier molecular flexibility index (Phi) is 4.79. The molecule has 1 heterocycles. The van der Waals surface area contributed by atoms with Crippen LogP contribution in [0, 0.1) is 0 Å². The highest BCUT2D eigenvalue weighted by Crippen LogP contribution is 2.29. The summed E-state index contributed by atoms with van der Waals surface area (Å²) >= 11 is 12.0. The van der Waals surface area contributed by atoms with E-state index in [9.17, 15) is 4.79 Å². The number of hydrogen-bond acceptors (Lipinski definition) is 3. The molecule has 0 aliphatic carbocycles. The summed E-state index contributed by atoms with van der Waals surface area (Å²) < 4.78 is 5.78. The molecule has 4 nitrogen and oxygen atoms in total. The molecule has 3 aromatic rings. The van der Waals surface area contributed by atoms with Gasteiger partial charge in [-0.05, 0) is 42.5 Å². The maximum absolute atomic E-state index is 11.1. The van der Waals surface area contributed by atoms with Crippen LogP contribution in [0.15, 0.2) is 59.0 Å². The molecule has 0 unspecified atom stereocenters. The van der Waals surface area contributed by atoms with E-state index in [4.69, 9.17) is 32.7 Å². The molecule has 24 heavy (non-hydrogen) atoms. The second-order valence-electron chi connectivity index (χ2n) is 5.10. The van der Waals surface area contributed by atoms with Gasteiger partial charge in [0.2, 0.25) is 0 Å². The molecular formula is C18H13Cl2NO3. The van der Waals surface area contributed by atoms with E-state index in [1.165, 1.54) is 6.07 Å². The van der Waals surface area contributed by atoms with Crippen molar-refractivity contribution in [2.24, 2.45) is 0 Å². The van der Waals surface area contributed by atoms with E-state index >= 15 is 0 Å². The first-order chi connectivity index (χ1) is 11.5. The van der Waals surface area contributed by atoms with Gasteiger partial charge < -0.3 is 14.8 Å². The summed E-state index contributed by atoms with van der Waals surface area (Å²) in [4.78, 5) is 11.1. The lowest BCUT2D eigenvalue weighted by Gasteiger charge is -2.07. The number of anilines is 1. The molecule has 0 aliphatic heterocycles. The maximum atomic E-state index is 11.1. The molecule has 122 valence electrons. The van der Waals surface area contributed by atoms with Crippen LogP contribution in [-0.2, 0) is 6.54 Å². The van der Waals surface area contributed by atoms with Gasteiger partial charge in [0.25, 0.3) is 0 Å². The molecule has 0 radical (unpaired) electrons. The zero-order valence-electron chi connectivity index (χ0n) is 12.4. The number of benzene rings is 2. The van der Waals surface area contributed by atoms with Crippen LogP contribution in [0.4, 0.5) is 5.69 Å². The molecule has 0 fully saturated rings. The van der Waals surface area contributed by atoms with Crippen LogP contribution < -0.4 is 5.32 Å². The van der Waals surface area contributed by atoms with Crippen LogP contribution in [0.2, 0.25) is 10.0 Å². The Morgan fingerprint density at radius 3 is 2.58 bits per heavy atom. The number of furan rings is 1. The molecule has 0 aliphatic rings. The largest absolute Gasteiger partial charge is 0.478 e. The van der Waals surface area contributed by atoms with E-state index in [0.29, 0.717) is 28.8 Å². The molecular weight excluding hydrogens is 349 g/mol. The molecule has 0 saturated heterocycles. The molecule has 6 heteroatoms. The standard InChI is InChI=1S/C18H13Cl2NO3/c19-15-4-2-1-3-13(15)17-8-6-12(24-17)10-21-11-5-7-16(20)14(9-11)18(22)23/h1-9,21H,10H2,(H,22,23). The van der Waals surface area contributed by atoms with E-state index in [1.54, 1.807) is 18.2 Å². The van der Waals surface area contributed by atoms with Crippen LogP contribution >= 0.6 is 23.2 Å². The Bertz CT molecular complexity index is 889. The summed E-state index contributed by atoms with van der Waals surface area (Å²) in [5.74, 6) is 0.319. The van der Waals surface area contributed by atoms with Gasteiger partial charge in [0.1, 0.15) is 11.5 Å². The summed E-state index contributed by atoms with van der Waals surface area (Å²) in [5, 5.41) is 13.0. The summed E-state index contributed by atoms with van der Waals surface area (Å²) in [6.07, 6.45) is 0. The highest BCUT2D eigenvalue weighted by Gasteiger charge is 2.11. The zero-order chi connectivity index (χ0) is 17.1. The number of carbonyl (C=O) groups is 1. The van der Waals surface area contributed by atoms with Crippen molar-refractivity contribution in [3.8, 4) is 11.3 Å². The minimum Gasteiger partial charge on any atom is -0.478 e. The highest BCUT2D eigenvalue weighted by atomic mass is 35.5. The minimum atomic E-state index is -1.07. The van der Waals surface area contributed by atoms with E-state index in [2.05, 4.69) is 5.32 Å². The number of hydrogen-bond donors (Lipinski definition) is 2. The van der Waals surface area contributed by atoms with Gasteiger partial charge in [0, 0.05) is 11.3 Å². The van der Waals surface area contributed by atoms with E-state index < -0.39 is 5.97 Å². The van der Waals surface area contributed by atoms with Gasteiger partial charge in [-0.15, -0.1) is 0 Å². The fourth-order valence-electron chi connectivity index (χ4n) is 2.27. The summed E-state index contributed by atoms with van der Waals surface area (Å²) in [7, 11) is 0. The molecule has 0 amide bonds. The normalized spacial score (nSPS) is 10.6. The second-order valence-corrected chi connectivity index (χ2v) is 5.91. The van der Waals surface area contributed by atoms with Crippen molar-refractivity contribution in [1.82, 2.24) is 0 Å². The molecule has 0 saturated carbocycles. The first-order valence-corrected chi connectivity index (χ1v) is 7.90. The number of nitrogens with one attached hydrogen (secondary N) is 1. The predicted octanol–water partition coefficient (Wildman–Crippen LogP) is 5.56. The van der Waals surface area contributed by atoms with Gasteiger partial charge >= 0.3 is 5.97 Å². The fourth-order valence-corrected chi connectivity index (χ4v) is 2.69.